The summed E-state index contributed by atoms with van der Waals surface area (Å²) in [6.45, 7) is 8.60. The Morgan fingerprint density at radius 1 is 1.12 bits per heavy atom. The highest BCUT2D eigenvalue weighted by Crippen LogP contribution is 2.18. The summed E-state index contributed by atoms with van der Waals surface area (Å²) in [5, 5.41) is 0. The number of pyridine rings is 1. The summed E-state index contributed by atoms with van der Waals surface area (Å²) in [4.78, 5) is 3.96. The fraction of sp³-hybridized carbons (Fsp3) is 0.421. The second kappa shape index (κ2) is 8.97. The molecule has 0 N–H and O–H groups in total. The number of benzene rings is 1. The molecule has 0 saturated carbocycles. The van der Waals surface area contributed by atoms with Gasteiger partial charge in [0.25, 0.3) is 0 Å². The second-order valence-electron chi connectivity index (χ2n) is 6.35. The molecular formula is C19H25BFNO3. The van der Waals surface area contributed by atoms with Crippen molar-refractivity contribution in [3.63, 3.8) is 0 Å². The van der Waals surface area contributed by atoms with Crippen LogP contribution in [0.2, 0.25) is 0 Å². The molecule has 2 rings (SSSR count). The topological polar surface area (TPSA) is 40.6 Å². The van der Waals surface area contributed by atoms with Gasteiger partial charge < -0.3 is 14.0 Å². The van der Waals surface area contributed by atoms with Crippen molar-refractivity contribution in [1.82, 2.24) is 4.98 Å². The van der Waals surface area contributed by atoms with Gasteiger partial charge in [0.1, 0.15) is 18.2 Å². The summed E-state index contributed by atoms with van der Waals surface area (Å²) in [6, 6.07) is 8.47. The van der Waals surface area contributed by atoms with E-state index in [4.69, 9.17) is 14.0 Å². The standard InChI is InChI=1S/C19H25BFNO3/c1-5-19(3,4)25-20(24-6-2)17-8-7-16(13-18(17)21)23-14-15-9-11-22-12-10-15/h7-13H,5-6,14H2,1-4H3. The van der Waals surface area contributed by atoms with E-state index in [1.807, 2.05) is 39.8 Å². The van der Waals surface area contributed by atoms with E-state index < -0.39 is 18.5 Å². The zero-order valence-corrected chi connectivity index (χ0v) is 15.3. The van der Waals surface area contributed by atoms with Crippen LogP contribution in [0.4, 0.5) is 4.39 Å². The lowest BCUT2D eigenvalue weighted by Crippen LogP contribution is -2.45. The van der Waals surface area contributed by atoms with E-state index in [2.05, 4.69) is 4.98 Å². The fourth-order valence-electron chi connectivity index (χ4n) is 2.15. The van der Waals surface area contributed by atoms with Crippen molar-refractivity contribution in [3.8, 4) is 5.75 Å². The van der Waals surface area contributed by atoms with Crippen LogP contribution < -0.4 is 10.2 Å². The molecule has 0 aliphatic rings. The minimum absolute atomic E-state index is 0.357. The smallest absolute Gasteiger partial charge is 0.489 e. The third-order valence-electron chi connectivity index (χ3n) is 3.98. The molecule has 0 saturated heterocycles. The molecular weight excluding hydrogens is 320 g/mol. The Bertz CT molecular complexity index is 667. The summed E-state index contributed by atoms with van der Waals surface area (Å²) in [7, 11) is -0.741. The average molecular weight is 345 g/mol. The lowest BCUT2D eigenvalue weighted by atomic mass is 9.77. The van der Waals surface area contributed by atoms with Crippen molar-refractivity contribution in [1.29, 1.82) is 0 Å². The second-order valence-corrected chi connectivity index (χ2v) is 6.35. The number of hydrogen-bond acceptors (Lipinski definition) is 4. The van der Waals surface area contributed by atoms with E-state index in [9.17, 15) is 4.39 Å². The van der Waals surface area contributed by atoms with E-state index in [-0.39, 0.29) is 0 Å². The van der Waals surface area contributed by atoms with Crippen LogP contribution in [0.3, 0.4) is 0 Å². The molecule has 0 fully saturated rings. The van der Waals surface area contributed by atoms with Gasteiger partial charge in [-0.05, 0) is 51.0 Å². The lowest BCUT2D eigenvalue weighted by Gasteiger charge is -2.28. The zero-order valence-electron chi connectivity index (χ0n) is 15.3. The first kappa shape index (κ1) is 19.4. The van der Waals surface area contributed by atoms with E-state index in [0.717, 1.165) is 12.0 Å². The van der Waals surface area contributed by atoms with Crippen molar-refractivity contribution in [2.75, 3.05) is 6.61 Å². The Morgan fingerprint density at radius 3 is 2.44 bits per heavy atom. The van der Waals surface area contributed by atoms with Crippen molar-refractivity contribution < 1.29 is 18.4 Å². The quantitative estimate of drug-likeness (QED) is 0.649. The molecule has 0 aliphatic heterocycles. The molecule has 1 heterocycles. The Hall–Kier alpha value is -1.92. The van der Waals surface area contributed by atoms with Crippen LogP contribution >= 0.6 is 0 Å². The number of rotatable bonds is 9. The van der Waals surface area contributed by atoms with Crippen LogP contribution in [0.25, 0.3) is 0 Å². The van der Waals surface area contributed by atoms with E-state index >= 15 is 0 Å². The number of aromatic nitrogens is 1. The molecule has 134 valence electrons. The number of ether oxygens (including phenoxy) is 1. The first-order valence-corrected chi connectivity index (χ1v) is 8.55. The first-order valence-electron chi connectivity index (χ1n) is 8.55. The molecule has 1 aromatic carbocycles. The van der Waals surface area contributed by atoms with Gasteiger partial charge in [-0.15, -0.1) is 0 Å². The first-order chi connectivity index (χ1) is 11.9. The molecule has 0 amide bonds. The minimum Gasteiger partial charge on any atom is -0.489 e. The van der Waals surface area contributed by atoms with Gasteiger partial charge >= 0.3 is 7.12 Å². The number of halogens is 1. The monoisotopic (exact) mass is 345 g/mol. The van der Waals surface area contributed by atoms with Crippen molar-refractivity contribution in [2.24, 2.45) is 0 Å². The summed E-state index contributed by atoms with van der Waals surface area (Å²) in [5.41, 5.74) is 0.947. The molecule has 4 nitrogen and oxygen atoms in total. The predicted molar refractivity (Wildman–Crippen MR) is 97.4 cm³/mol. The van der Waals surface area contributed by atoms with Gasteiger partial charge in [-0.1, -0.05) is 13.0 Å². The predicted octanol–water partition coefficient (Wildman–Crippen LogP) is 3.74. The van der Waals surface area contributed by atoms with E-state index in [0.29, 0.717) is 24.4 Å². The average Bonchev–Trinajstić information content (AvgIpc) is 2.60. The summed E-state index contributed by atoms with van der Waals surface area (Å²) < 4.78 is 31.8. The van der Waals surface area contributed by atoms with Crippen LogP contribution in [0.5, 0.6) is 5.75 Å². The highest BCUT2D eigenvalue weighted by Gasteiger charge is 2.31. The maximum absolute atomic E-state index is 14.6. The van der Waals surface area contributed by atoms with Crippen molar-refractivity contribution >= 4 is 12.6 Å². The number of hydrogen-bond donors (Lipinski definition) is 0. The van der Waals surface area contributed by atoms with Crippen LogP contribution in [0.1, 0.15) is 39.7 Å². The Labute approximate surface area is 149 Å². The van der Waals surface area contributed by atoms with Crippen LogP contribution in [0.15, 0.2) is 42.7 Å². The molecule has 1 aromatic heterocycles. The Balaban J connectivity index is 2.10. The van der Waals surface area contributed by atoms with Gasteiger partial charge in [0, 0.05) is 36.1 Å². The van der Waals surface area contributed by atoms with Gasteiger partial charge in [0.15, 0.2) is 0 Å². The molecule has 25 heavy (non-hydrogen) atoms. The highest BCUT2D eigenvalue weighted by atomic mass is 19.1. The Kier molecular flexibility index (Phi) is 6.96. The zero-order chi connectivity index (χ0) is 18.3. The maximum Gasteiger partial charge on any atom is 0.497 e. The van der Waals surface area contributed by atoms with Crippen LogP contribution in [-0.4, -0.2) is 24.3 Å². The van der Waals surface area contributed by atoms with Gasteiger partial charge in [0.05, 0.1) is 0 Å². The molecule has 0 spiro atoms. The van der Waals surface area contributed by atoms with Gasteiger partial charge in [-0.2, -0.15) is 0 Å². The molecule has 0 bridgehead atoms. The molecule has 0 unspecified atom stereocenters. The van der Waals surface area contributed by atoms with Gasteiger partial charge in [-0.3, -0.25) is 4.98 Å². The van der Waals surface area contributed by atoms with Gasteiger partial charge in [-0.25, -0.2) is 4.39 Å². The molecule has 6 heteroatoms. The molecule has 0 atom stereocenters. The largest absolute Gasteiger partial charge is 0.497 e. The van der Waals surface area contributed by atoms with Crippen molar-refractivity contribution in [2.45, 2.75) is 46.3 Å². The molecule has 0 radical (unpaired) electrons. The van der Waals surface area contributed by atoms with Gasteiger partial charge in [0.2, 0.25) is 0 Å². The van der Waals surface area contributed by atoms with Crippen LogP contribution in [0, 0.1) is 5.82 Å². The minimum atomic E-state index is -0.741. The number of nitrogens with zero attached hydrogens (tertiary/aromatic N) is 1. The van der Waals surface area contributed by atoms with Crippen LogP contribution in [-0.2, 0) is 15.9 Å². The fourth-order valence-corrected chi connectivity index (χ4v) is 2.15. The normalized spacial score (nSPS) is 11.4. The summed E-state index contributed by atoms with van der Waals surface area (Å²) in [6.07, 6.45) is 4.19. The summed E-state index contributed by atoms with van der Waals surface area (Å²) in [5.74, 6) is 0.0562. The summed E-state index contributed by atoms with van der Waals surface area (Å²) >= 11 is 0. The molecule has 0 aliphatic carbocycles. The highest BCUT2D eigenvalue weighted by molar-refractivity contribution is 6.61. The third-order valence-corrected chi connectivity index (χ3v) is 3.98. The van der Waals surface area contributed by atoms with E-state index in [1.165, 1.54) is 6.07 Å². The lowest BCUT2D eigenvalue weighted by molar-refractivity contribution is 0.0703. The SMILES string of the molecule is CCOB(OC(C)(C)CC)c1ccc(OCc2ccncc2)cc1F. The Morgan fingerprint density at radius 2 is 1.84 bits per heavy atom. The molecule has 2 aromatic rings. The van der Waals surface area contributed by atoms with E-state index in [1.54, 1.807) is 24.5 Å². The maximum atomic E-state index is 14.6. The third kappa shape index (κ3) is 5.83. The van der Waals surface area contributed by atoms with Crippen molar-refractivity contribution in [3.05, 3.63) is 54.1 Å².